The molecule has 1 fully saturated rings. The highest BCUT2D eigenvalue weighted by molar-refractivity contribution is 9.10. The van der Waals surface area contributed by atoms with Gasteiger partial charge in [-0.15, -0.1) is 0 Å². The van der Waals surface area contributed by atoms with E-state index in [0.29, 0.717) is 13.1 Å². The first-order chi connectivity index (χ1) is 8.38. The number of aryl methyl sites for hydroxylation is 1. The van der Waals surface area contributed by atoms with Crippen LogP contribution in [-0.2, 0) is 10.0 Å². The molecule has 1 aliphatic rings. The molecular formula is C12H17BrN2O2S. The molecule has 0 bridgehead atoms. The van der Waals surface area contributed by atoms with Gasteiger partial charge in [-0.2, -0.15) is 4.31 Å². The number of sulfonamides is 1. The van der Waals surface area contributed by atoms with Crippen LogP contribution in [0.4, 0.5) is 5.69 Å². The van der Waals surface area contributed by atoms with Crippen molar-refractivity contribution >= 4 is 31.6 Å². The Morgan fingerprint density at radius 2 is 1.78 bits per heavy atom. The zero-order valence-corrected chi connectivity index (χ0v) is 13.0. The minimum Gasteiger partial charge on any atom is -0.369 e. The molecule has 2 rings (SSSR count). The second kappa shape index (κ2) is 5.19. The van der Waals surface area contributed by atoms with E-state index in [4.69, 9.17) is 0 Å². The van der Waals surface area contributed by atoms with Crippen LogP contribution in [0.25, 0.3) is 0 Å². The summed E-state index contributed by atoms with van der Waals surface area (Å²) in [6.07, 6.45) is 1.27. The summed E-state index contributed by atoms with van der Waals surface area (Å²) in [5.41, 5.74) is 2.34. The van der Waals surface area contributed by atoms with Crippen LogP contribution < -0.4 is 4.90 Å². The number of hydrogen-bond acceptors (Lipinski definition) is 3. The number of halogens is 1. The van der Waals surface area contributed by atoms with Crippen molar-refractivity contribution in [2.75, 3.05) is 37.3 Å². The third-order valence-electron chi connectivity index (χ3n) is 3.23. The van der Waals surface area contributed by atoms with Crippen molar-refractivity contribution in [1.29, 1.82) is 0 Å². The lowest BCUT2D eigenvalue weighted by atomic mass is 10.2. The van der Waals surface area contributed by atoms with Crippen LogP contribution in [0.3, 0.4) is 0 Å². The van der Waals surface area contributed by atoms with Crippen molar-refractivity contribution in [3.63, 3.8) is 0 Å². The van der Waals surface area contributed by atoms with E-state index >= 15 is 0 Å². The van der Waals surface area contributed by atoms with E-state index < -0.39 is 10.0 Å². The third-order valence-corrected chi connectivity index (χ3v) is 5.39. The summed E-state index contributed by atoms with van der Waals surface area (Å²) >= 11 is 3.52. The number of nitrogens with zero attached hydrogens (tertiary/aromatic N) is 2. The van der Waals surface area contributed by atoms with Gasteiger partial charge in [0.15, 0.2) is 0 Å². The molecule has 4 nitrogen and oxygen atoms in total. The molecule has 100 valence electrons. The molecule has 0 aliphatic carbocycles. The minimum atomic E-state index is -3.05. The molecule has 0 N–H and O–H groups in total. The summed E-state index contributed by atoms with van der Waals surface area (Å²) in [5.74, 6) is 0. The molecule has 0 atom stereocenters. The normalized spacial score (nSPS) is 18.1. The minimum absolute atomic E-state index is 0.560. The van der Waals surface area contributed by atoms with Crippen LogP contribution in [0.5, 0.6) is 0 Å². The van der Waals surface area contributed by atoms with Gasteiger partial charge >= 0.3 is 0 Å². The summed E-state index contributed by atoms with van der Waals surface area (Å²) in [5, 5.41) is 0. The largest absolute Gasteiger partial charge is 0.369 e. The van der Waals surface area contributed by atoms with Crippen LogP contribution >= 0.6 is 15.9 Å². The van der Waals surface area contributed by atoms with Crippen molar-refractivity contribution in [3.8, 4) is 0 Å². The molecule has 0 saturated carbocycles. The Kier molecular flexibility index (Phi) is 3.99. The summed E-state index contributed by atoms with van der Waals surface area (Å²) in [6.45, 7) is 4.65. The zero-order chi connectivity index (χ0) is 13.3. The second-order valence-corrected chi connectivity index (χ2v) is 7.42. The molecule has 0 unspecified atom stereocenters. The van der Waals surface area contributed by atoms with Gasteiger partial charge in [0.2, 0.25) is 10.0 Å². The summed E-state index contributed by atoms with van der Waals surface area (Å²) < 4.78 is 25.5. The summed E-state index contributed by atoms with van der Waals surface area (Å²) in [6, 6.07) is 6.24. The third kappa shape index (κ3) is 3.05. The Balaban J connectivity index is 2.08. The first-order valence-electron chi connectivity index (χ1n) is 5.84. The topological polar surface area (TPSA) is 40.6 Å². The molecule has 1 heterocycles. The van der Waals surface area contributed by atoms with Gasteiger partial charge in [-0.1, -0.05) is 22.0 Å². The fourth-order valence-corrected chi connectivity index (χ4v) is 3.25. The second-order valence-electron chi connectivity index (χ2n) is 4.58. The van der Waals surface area contributed by atoms with Gasteiger partial charge in [-0.05, 0) is 24.6 Å². The highest BCUT2D eigenvalue weighted by Gasteiger charge is 2.23. The summed E-state index contributed by atoms with van der Waals surface area (Å²) in [7, 11) is -3.05. The van der Waals surface area contributed by atoms with E-state index in [0.717, 1.165) is 23.2 Å². The molecule has 1 saturated heterocycles. The van der Waals surface area contributed by atoms with Gasteiger partial charge < -0.3 is 4.90 Å². The molecule has 18 heavy (non-hydrogen) atoms. The highest BCUT2D eigenvalue weighted by Crippen LogP contribution is 2.24. The van der Waals surface area contributed by atoms with Crippen molar-refractivity contribution in [3.05, 3.63) is 28.2 Å². The van der Waals surface area contributed by atoms with Crippen molar-refractivity contribution in [1.82, 2.24) is 4.31 Å². The van der Waals surface area contributed by atoms with E-state index in [1.807, 2.05) is 0 Å². The van der Waals surface area contributed by atoms with Gasteiger partial charge in [0, 0.05) is 36.3 Å². The average Bonchev–Trinajstić information content (AvgIpc) is 2.32. The maximum absolute atomic E-state index is 11.4. The molecule has 0 aromatic heterocycles. The maximum atomic E-state index is 11.4. The van der Waals surface area contributed by atoms with Crippen molar-refractivity contribution in [2.45, 2.75) is 6.92 Å². The first-order valence-corrected chi connectivity index (χ1v) is 8.48. The van der Waals surface area contributed by atoms with Gasteiger partial charge in [0.25, 0.3) is 0 Å². The van der Waals surface area contributed by atoms with Gasteiger partial charge in [-0.25, -0.2) is 8.42 Å². The predicted octanol–water partition coefficient (Wildman–Crippen LogP) is 1.84. The molecular weight excluding hydrogens is 316 g/mol. The van der Waals surface area contributed by atoms with Crippen LogP contribution in [-0.4, -0.2) is 45.2 Å². The van der Waals surface area contributed by atoms with Crippen LogP contribution in [0.15, 0.2) is 22.7 Å². The van der Waals surface area contributed by atoms with E-state index in [9.17, 15) is 8.42 Å². The standard InChI is InChI=1S/C12H17BrN2O2S/c1-10-3-4-11(9-12(10)13)14-5-7-15(8-6-14)18(2,16)17/h3-4,9H,5-8H2,1-2H3. The van der Waals surface area contributed by atoms with E-state index in [2.05, 4.69) is 46.0 Å². The van der Waals surface area contributed by atoms with Crippen LogP contribution in [0.2, 0.25) is 0 Å². The smallest absolute Gasteiger partial charge is 0.211 e. The molecule has 1 aromatic carbocycles. The number of anilines is 1. The molecule has 1 aliphatic heterocycles. The van der Waals surface area contributed by atoms with Crippen molar-refractivity contribution < 1.29 is 8.42 Å². The number of rotatable bonds is 2. The van der Waals surface area contributed by atoms with E-state index in [1.165, 1.54) is 16.1 Å². The number of benzene rings is 1. The Bertz CT molecular complexity index is 537. The average molecular weight is 333 g/mol. The molecule has 6 heteroatoms. The van der Waals surface area contributed by atoms with Gasteiger partial charge in [0.05, 0.1) is 6.26 Å². The molecule has 0 amide bonds. The van der Waals surface area contributed by atoms with Crippen LogP contribution in [0.1, 0.15) is 5.56 Å². The Morgan fingerprint density at radius 1 is 1.17 bits per heavy atom. The molecule has 0 radical (unpaired) electrons. The zero-order valence-electron chi connectivity index (χ0n) is 10.6. The number of hydrogen-bond donors (Lipinski definition) is 0. The van der Waals surface area contributed by atoms with Gasteiger partial charge in [-0.3, -0.25) is 0 Å². The molecule has 1 aromatic rings. The lowest BCUT2D eigenvalue weighted by molar-refractivity contribution is 0.388. The fraction of sp³-hybridized carbons (Fsp3) is 0.500. The molecule has 0 spiro atoms. The van der Waals surface area contributed by atoms with E-state index in [-0.39, 0.29) is 0 Å². The monoisotopic (exact) mass is 332 g/mol. The lowest BCUT2D eigenvalue weighted by Gasteiger charge is -2.34. The number of piperazine rings is 1. The lowest BCUT2D eigenvalue weighted by Crippen LogP contribution is -2.48. The Morgan fingerprint density at radius 3 is 2.28 bits per heavy atom. The Labute approximate surface area is 117 Å². The quantitative estimate of drug-likeness (QED) is 0.829. The highest BCUT2D eigenvalue weighted by atomic mass is 79.9. The summed E-state index contributed by atoms with van der Waals surface area (Å²) in [4.78, 5) is 2.21. The van der Waals surface area contributed by atoms with Crippen LogP contribution in [0, 0.1) is 6.92 Å². The predicted molar refractivity (Wildman–Crippen MR) is 77.5 cm³/mol. The van der Waals surface area contributed by atoms with Crippen molar-refractivity contribution in [2.24, 2.45) is 0 Å². The maximum Gasteiger partial charge on any atom is 0.211 e. The Hall–Kier alpha value is -0.590. The SMILES string of the molecule is Cc1ccc(N2CCN(S(C)(=O)=O)CC2)cc1Br. The van der Waals surface area contributed by atoms with E-state index in [1.54, 1.807) is 0 Å². The van der Waals surface area contributed by atoms with Gasteiger partial charge in [0.1, 0.15) is 0 Å². The first kappa shape index (κ1) is 13.8. The fourth-order valence-electron chi connectivity index (χ4n) is 2.06.